The summed E-state index contributed by atoms with van der Waals surface area (Å²) in [4.78, 5) is 4.33. The standard InChI is InChI=1S/C11H11BrN2OS/c1-2-8-6-16-11(14-8)15-10-5-7(13)3-4-9(10)12/h3-6H,2,13H2,1H3. The first-order chi connectivity index (χ1) is 7.69. The van der Waals surface area contributed by atoms with Crippen LogP contribution in [0.4, 0.5) is 5.69 Å². The van der Waals surface area contributed by atoms with Crippen molar-refractivity contribution in [2.45, 2.75) is 13.3 Å². The summed E-state index contributed by atoms with van der Waals surface area (Å²) in [6.07, 6.45) is 0.915. The third-order valence-corrected chi connectivity index (χ3v) is 3.47. The van der Waals surface area contributed by atoms with E-state index in [2.05, 4.69) is 27.8 Å². The Morgan fingerprint density at radius 1 is 1.50 bits per heavy atom. The molecule has 3 nitrogen and oxygen atoms in total. The molecule has 0 unspecified atom stereocenters. The van der Waals surface area contributed by atoms with Crippen LogP contribution in [0.5, 0.6) is 10.9 Å². The predicted molar refractivity (Wildman–Crippen MR) is 70.1 cm³/mol. The van der Waals surface area contributed by atoms with Gasteiger partial charge in [0.25, 0.3) is 5.19 Å². The molecule has 0 atom stereocenters. The van der Waals surface area contributed by atoms with Gasteiger partial charge in [-0.3, -0.25) is 0 Å². The highest BCUT2D eigenvalue weighted by atomic mass is 79.9. The zero-order valence-electron chi connectivity index (χ0n) is 8.74. The van der Waals surface area contributed by atoms with E-state index in [-0.39, 0.29) is 0 Å². The number of aromatic nitrogens is 1. The molecule has 0 aliphatic rings. The number of rotatable bonds is 3. The Hall–Kier alpha value is -1.07. The molecule has 0 aliphatic carbocycles. The van der Waals surface area contributed by atoms with Crippen LogP contribution in [0.1, 0.15) is 12.6 Å². The number of nitrogens with two attached hydrogens (primary N) is 1. The second-order valence-corrected chi connectivity index (χ2v) is 4.93. The van der Waals surface area contributed by atoms with Crippen LogP contribution in [0.2, 0.25) is 0 Å². The third kappa shape index (κ3) is 2.54. The molecule has 1 aromatic heterocycles. The Labute approximate surface area is 106 Å². The number of thiazole rings is 1. The van der Waals surface area contributed by atoms with Crippen LogP contribution in [-0.2, 0) is 6.42 Å². The van der Waals surface area contributed by atoms with Crippen molar-refractivity contribution in [3.8, 4) is 10.9 Å². The molecule has 0 saturated carbocycles. The summed E-state index contributed by atoms with van der Waals surface area (Å²) in [6.45, 7) is 2.06. The Morgan fingerprint density at radius 2 is 2.31 bits per heavy atom. The molecule has 0 spiro atoms. The van der Waals surface area contributed by atoms with E-state index in [0.717, 1.165) is 16.6 Å². The normalized spacial score (nSPS) is 10.4. The van der Waals surface area contributed by atoms with E-state index in [4.69, 9.17) is 10.5 Å². The smallest absolute Gasteiger partial charge is 0.278 e. The highest BCUT2D eigenvalue weighted by Crippen LogP contribution is 2.32. The third-order valence-electron chi connectivity index (χ3n) is 2.05. The average Bonchev–Trinajstić information content (AvgIpc) is 2.71. The average molecular weight is 299 g/mol. The maximum Gasteiger partial charge on any atom is 0.278 e. The van der Waals surface area contributed by atoms with Crippen molar-refractivity contribution in [3.63, 3.8) is 0 Å². The lowest BCUT2D eigenvalue weighted by molar-refractivity contribution is 0.474. The van der Waals surface area contributed by atoms with Crippen molar-refractivity contribution in [1.82, 2.24) is 4.98 Å². The minimum Gasteiger partial charge on any atom is -0.430 e. The van der Waals surface area contributed by atoms with E-state index < -0.39 is 0 Å². The second-order valence-electron chi connectivity index (χ2n) is 3.25. The summed E-state index contributed by atoms with van der Waals surface area (Å²) in [7, 11) is 0. The Kier molecular flexibility index (Phi) is 3.46. The lowest BCUT2D eigenvalue weighted by atomic mass is 10.3. The Bertz CT molecular complexity index is 498. The highest BCUT2D eigenvalue weighted by Gasteiger charge is 2.06. The number of aryl methyl sites for hydroxylation is 1. The minimum absolute atomic E-state index is 0.642. The van der Waals surface area contributed by atoms with Gasteiger partial charge in [0.2, 0.25) is 0 Å². The molecule has 1 heterocycles. The number of hydrogen-bond acceptors (Lipinski definition) is 4. The first-order valence-corrected chi connectivity index (χ1v) is 6.53. The van der Waals surface area contributed by atoms with Crippen molar-refractivity contribution in [1.29, 1.82) is 0 Å². The van der Waals surface area contributed by atoms with Gasteiger partial charge in [-0.15, -0.1) is 0 Å². The van der Waals surface area contributed by atoms with Crippen molar-refractivity contribution < 1.29 is 4.74 Å². The zero-order valence-corrected chi connectivity index (χ0v) is 11.1. The molecule has 0 fully saturated rings. The molecule has 0 saturated heterocycles. The minimum atomic E-state index is 0.642. The fraction of sp³-hybridized carbons (Fsp3) is 0.182. The van der Waals surface area contributed by atoms with Crippen LogP contribution in [0.25, 0.3) is 0 Å². The monoisotopic (exact) mass is 298 g/mol. The fourth-order valence-corrected chi connectivity index (χ4v) is 2.28. The van der Waals surface area contributed by atoms with Crippen LogP contribution in [0, 0.1) is 0 Å². The first-order valence-electron chi connectivity index (χ1n) is 4.86. The number of anilines is 1. The van der Waals surface area contributed by atoms with Gasteiger partial charge in [-0.05, 0) is 34.5 Å². The summed E-state index contributed by atoms with van der Waals surface area (Å²) in [5.41, 5.74) is 7.41. The predicted octanol–water partition coefficient (Wildman–Crippen LogP) is 3.84. The molecule has 5 heteroatoms. The zero-order chi connectivity index (χ0) is 11.5. The van der Waals surface area contributed by atoms with E-state index in [1.165, 1.54) is 11.3 Å². The molecular weight excluding hydrogens is 288 g/mol. The number of halogens is 1. The maximum atomic E-state index is 5.69. The summed E-state index contributed by atoms with van der Waals surface area (Å²) >= 11 is 4.90. The quantitative estimate of drug-likeness (QED) is 0.876. The Morgan fingerprint density at radius 3 is 3.00 bits per heavy atom. The van der Waals surface area contributed by atoms with E-state index in [1.54, 1.807) is 6.07 Å². The van der Waals surface area contributed by atoms with Gasteiger partial charge >= 0.3 is 0 Å². The summed E-state index contributed by atoms with van der Waals surface area (Å²) < 4.78 is 6.52. The van der Waals surface area contributed by atoms with E-state index in [9.17, 15) is 0 Å². The molecule has 2 aromatic rings. The topological polar surface area (TPSA) is 48.1 Å². The van der Waals surface area contributed by atoms with Crippen molar-refractivity contribution >= 4 is 33.0 Å². The lowest BCUT2D eigenvalue weighted by Crippen LogP contribution is -1.89. The van der Waals surface area contributed by atoms with Crippen LogP contribution >= 0.6 is 27.3 Å². The molecule has 2 rings (SSSR count). The van der Waals surface area contributed by atoms with E-state index in [0.29, 0.717) is 16.6 Å². The molecule has 0 bridgehead atoms. The van der Waals surface area contributed by atoms with Gasteiger partial charge in [0, 0.05) is 17.1 Å². The van der Waals surface area contributed by atoms with Crippen LogP contribution in [0.3, 0.4) is 0 Å². The summed E-state index contributed by atoms with van der Waals surface area (Å²) in [5.74, 6) is 0.692. The maximum absolute atomic E-state index is 5.69. The van der Waals surface area contributed by atoms with Crippen molar-refractivity contribution in [2.24, 2.45) is 0 Å². The van der Waals surface area contributed by atoms with E-state index in [1.807, 2.05) is 17.5 Å². The van der Waals surface area contributed by atoms with Crippen LogP contribution < -0.4 is 10.5 Å². The van der Waals surface area contributed by atoms with Crippen LogP contribution in [0.15, 0.2) is 28.1 Å². The number of ether oxygens (including phenoxy) is 1. The molecule has 1 aromatic carbocycles. The van der Waals surface area contributed by atoms with Crippen LogP contribution in [-0.4, -0.2) is 4.98 Å². The van der Waals surface area contributed by atoms with Gasteiger partial charge < -0.3 is 10.5 Å². The summed E-state index contributed by atoms with van der Waals surface area (Å²) in [5, 5.41) is 2.64. The molecule has 0 radical (unpaired) electrons. The molecule has 84 valence electrons. The number of nitrogen functional groups attached to an aromatic ring is 1. The summed E-state index contributed by atoms with van der Waals surface area (Å²) in [6, 6.07) is 5.45. The molecular formula is C11H11BrN2OS. The SMILES string of the molecule is CCc1csc(Oc2cc(N)ccc2Br)n1. The molecule has 0 aliphatic heterocycles. The molecule has 0 amide bonds. The number of nitrogens with zero attached hydrogens (tertiary/aromatic N) is 1. The molecule has 2 N–H and O–H groups in total. The van der Waals surface area contributed by atoms with Gasteiger partial charge in [0.15, 0.2) is 0 Å². The van der Waals surface area contributed by atoms with Crippen molar-refractivity contribution in [3.05, 3.63) is 33.7 Å². The second kappa shape index (κ2) is 4.84. The molecule has 16 heavy (non-hydrogen) atoms. The number of hydrogen-bond donors (Lipinski definition) is 1. The van der Waals surface area contributed by atoms with Gasteiger partial charge in [-0.2, -0.15) is 0 Å². The van der Waals surface area contributed by atoms with E-state index >= 15 is 0 Å². The largest absolute Gasteiger partial charge is 0.430 e. The number of benzene rings is 1. The van der Waals surface area contributed by atoms with Gasteiger partial charge in [0.1, 0.15) is 5.75 Å². The fourth-order valence-electron chi connectivity index (χ4n) is 1.19. The first kappa shape index (κ1) is 11.4. The Balaban J connectivity index is 2.22. The lowest BCUT2D eigenvalue weighted by Gasteiger charge is -2.04. The highest BCUT2D eigenvalue weighted by molar-refractivity contribution is 9.10. The van der Waals surface area contributed by atoms with Crippen molar-refractivity contribution in [2.75, 3.05) is 5.73 Å². The van der Waals surface area contributed by atoms with Gasteiger partial charge in [-0.1, -0.05) is 18.3 Å². The van der Waals surface area contributed by atoms with Gasteiger partial charge in [0.05, 0.1) is 10.2 Å². The van der Waals surface area contributed by atoms with Gasteiger partial charge in [-0.25, -0.2) is 4.98 Å².